The summed E-state index contributed by atoms with van der Waals surface area (Å²) in [6, 6.07) is 3.44. The molecule has 1 atom stereocenters. The van der Waals surface area contributed by atoms with Gasteiger partial charge >= 0.3 is 6.18 Å². The molecule has 0 spiro atoms. The second kappa shape index (κ2) is 5.20. The van der Waals surface area contributed by atoms with E-state index in [-0.39, 0.29) is 35.9 Å². The maximum atomic E-state index is 13.4. The van der Waals surface area contributed by atoms with Crippen molar-refractivity contribution in [2.75, 3.05) is 13.1 Å². The van der Waals surface area contributed by atoms with Gasteiger partial charge in [-0.2, -0.15) is 18.2 Å². The highest BCUT2D eigenvalue weighted by Crippen LogP contribution is 2.45. The summed E-state index contributed by atoms with van der Waals surface area (Å²) in [4.78, 5) is 3.85. The fraction of sp³-hybridized carbons (Fsp3) is 0.385. The van der Waals surface area contributed by atoms with Crippen LogP contribution in [0.1, 0.15) is 12.3 Å². The van der Waals surface area contributed by atoms with E-state index in [1.54, 1.807) is 0 Å². The van der Waals surface area contributed by atoms with Gasteiger partial charge in [-0.25, -0.2) is 4.39 Å². The van der Waals surface area contributed by atoms with E-state index < -0.39 is 23.3 Å². The zero-order chi connectivity index (χ0) is 16.0. The first kappa shape index (κ1) is 15.2. The van der Waals surface area contributed by atoms with E-state index in [0.29, 0.717) is 0 Å². The summed E-state index contributed by atoms with van der Waals surface area (Å²) >= 11 is 5.86. The number of hydrogen-bond acceptors (Lipinski definition) is 4. The average Bonchev–Trinajstić information content (AvgIpc) is 3.07. The van der Waals surface area contributed by atoms with Gasteiger partial charge in [0.25, 0.3) is 0 Å². The molecule has 2 heterocycles. The van der Waals surface area contributed by atoms with Gasteiger partial charge < -0.3 is 9.84 Å². The maximum absolute atomic E-state index is 13.4. The fourth-order valence-electron chi connectivity index (χ4n) is 2.44. The molecule has 1 fully saturated rings. The number of nitrogens with zero attached hydrogens (tertiary/aromatic N) is 2. The zero-order valence-corrected chi connectivity index (χ0v) is 11.8. The van der Waals surface area contributed by atoms with E-state index in [2.05, 4.69) is 15.5 Å². The molecule has 1 aromatic heterocycles. The first-order valence-corrected chi connectivity index (χ1v) is 6.78. The molecule has 1 unspecified atom stereocenters. The van der Waals surface area contributed by atoms with Gasteiger partial charge in [-0.05, 0) is 31.2 Å². The molecule has 1 aromatic carbocycles. The molecule has 1 aliphatic rings. The van der Waals surface area contributed by atoms with E-state index in [9.17, 15) is 17.6 Å². The predicted molar refractivity (Wildman–Crippen MR) is 69.9 cm³/mol. The van der Waals surface area contributed by atoms with E-state index in [4.69, 9.17) is 16.1 Å². The zero-order valence-electron chi connectivity index (χ0n) is 11.0. The molecule has 9 heteroatoms. The van der Waals surface area contributed by atoms with Gasteiger partial charge in [0, 0.05) is 12.1 Å². The van der Waals surface area contributed by atoms with Crippen molar-refractivity contribution in [1.29, 1.82) is 0 Å². The van der Waals surface area contributed by atoms with Crippen LogP contribution in [0, 0.1) is 5.82 Å². The fourth-order valence-corrected chi connectivity index (χ4v) is 2.69. The SMILES string of the molecule is Fc1ccc(-c2noc(C3(C(F)(F)F)CCNC3)n2)c(Cl)c1. The van der Waals surface area contributed by atoms with Gasteiger partial charge in [0.05, 0.1) is 5.02 Å². The van der Waals surface area contributed by atoms with Gasteiger partial charge in [0.15, 0.2) is 5.41 Å². The van der Waals surface area contributed by atoms with Gasteiger partial charge in [-0.15, -0.1) is 0 Å². The predicted octanol–water partition coefficient (Wildman–Crippen LogP) is 3.32. The summed E-state index contributed by atoms with van der Waals surface area (Å²) in [5.74, 6) is -1.18. The minimum Gasteiger partial charge on any atom is -0.338 e. The second-order valence-electron chi connectivity index (χ2n) is 5.05. The number of alkyl halides is 3. The van der Waals surface area contributed by atoms with Crippen molar-refractivity contribution < 1.29 is 22.1 Å². The van der Waals surface area contributed by atoms with E-state index >= 15 is 0 Å². The largest absolute Gasteiger partial charge is 0.404 e. The van der Waals surface area contributed by atoms with Crippen LogP contribution in [0.3, 0.4) is 0 Å². The second-order valence-corrected chi connectivity index (χ2v) is 5.46. The number of rotatable bonds is 2. The van der Waals surface area contributed by atoms with Crippen LogP contribution in [-0.2, 0) is 5.41 Å². The van der Waals surface area contributed by atoms with Gasteiger partial charge in [0.1, 0.15) is 5.82 Å². The van der Waals surface area contributed by atoms with E-state index in [1.807, 2.05) is 0 Å². The highest BCUT2D eigenvalue weighted by atomic mass is 35.5. The highest BCUT2D eigenvalue weighted by Gasteiger charge is 2.61. The third-order valence-corrected chi connectivity index (χ3v) is 4.02. The summed E-state index contributed by atoms with van der Waals surface area (Å²) < 4.78 is 58.1. The van der Waals surface area contributed by atoms with Gasteiger partial charge in [0.2, 0.25) is 11.7 Å². The smallest absolute Gasteiger partial charge is 0.338 e. The summed E-state index contributed by atoms with van der Waals surface area (Å²) in [6.45, 7) is -0.121. The molecule has 22 heavy (non-hydrogen) atoms. The molecule has 0 amide bonds. The van der Waals surface area contributed by atoms with Crippen LogP contribution < -0.4 is 5.32 Å². The Morgan fingerprint density at radius 1 is 1.32 bits per heavy atom. The number of aromatic nitrogens is 2. The van der Waals surface area contributed by atoms with Gasteiger partial charge in [-0.1, -0.05) is 16.8 Å². The molecule has 0 saturated carbocycles. The lowest BCUT2D eigenvalue weighted by molar-refractivity contribution is -0.191. The number of benzene rings is 1. The minimum absolute atomic E-state index is 0.00189. The lowest BCUT2D eigenvalue weighted by atomic mass is 9.86. The van der Waals surface area contributed by atoms with Crippen LogP contribution in [0.4, 0.5) is 17.6 Å². The number of halogens is 5. The molecule has 3 rings (SSSR count). The van der Waals surface area contributed by atoms with Crippen molar-refractivity contribution in [1.82, 2.24) is 15.5 Å². The Hall–Kier alpha value is -1.67. The molecule has 2 aromatic rings. The van der Waals surface area contributed by atoms with Crippen molar-refractivity contribution in [3.8, 4) is 11.4 Å². The molecule has 0 bridgehead atoms. The first-order chi connectivity index (χ1) is 10.3. The highest BCUT2D eigenvalue weighted by molar-refractivity contribution is 6.33. The molecule has 1 aliphatic heterocycles. The van der Waals surface area contributed by atoms with Crippen molar-refractivity contribution in [2.45, 2.75) is 18.0 Å². The molecule has 0 radical (unpaired) electrons. The Kier molecular flexibility index (Phi) is 3.60. The lowest BCUT2D eigenvalue weighted by Crippen LogP contribution is -2.44. The number of nitrogens with one attached hydrogen (secondary N) is 1. The molecule has 1 saturated heterocycles. The van der Waals surface area contributed by atoms with Gasteiger partial charge in [-0.3, -0.25) is 0 Å². The Balaban J connectivity index is 2.03. The molecule has 118 valence electrons. The summed E-state index contributed by atoms with van der Waals surface area (Å²) in [7, 11) is 0. The first-order valence-electron chi connectivity index (χ1n) is 6.40. The van der Waals surface area contributed by atoms with Crippen LogP contribution in [0.5, 0.6) is 0 Å². The normalized spacial score (nSPS) is 22.2. The Morgan fingerprint density at radius 3 is 2.68 bits per heavy atom. The Bertz CT molecular complexity index is 695. The Labute approximate surface area is 127 Å². The monoisotopic (exact) mass is 335 g/mol. The van der Waals surface area contributed by atoms with Crippen LogP contribution in [-0.4, -0.2) is 29.4 Å². The lowest BCUT2D eigenvalue weighted by Gasteiger charge is -2.26. The van der Waals surface area contributed by atoms with Crippen LogP contribution in [0.2, 0.25) is 5.02 Å². The van der Waals surface area contributed by atoms with Crippen LogP contribution in [0.25, 0.3) is 11.4 Å². The topological polar surface area (TPSA) is 51.0 Å². The third kappa shape index (κ3) is 2.36. The maximum Gasteiger partial charge on any atom is 0.404 e. The standard InChI is InChI=1S/C13H10ClF4N3O/c14-9-5-7(15)1-2-8(9)10-20-11(22-21-10)12(13(16,17)18)3-4-19-6-12/h1-2,5,19H,3-4,6H2. The third-order valence-electron chi connectivity index (χ3n) is 3.71. The van der Waals surface area contributed by atoms with E-state index in [1.165, 1.54) is 6.07 Å². The van der Waals surface area contributed by atoms with E-state index in [0.717, 1.165) is 12.1 Å². The van der Waals surface area contributed by atoms with Crippen molar-refractivity contribution in [3.63, 3.8) is 0 Å². The summed E-state index contributed by atoms with van der Waals surface area (Å²) in [5, 5.41) is 6.22. The molecular weight excluding hydrogens is 326 g/mol. The molecule has 1 N–H and O–H groups in total. The molecular formula is C13H10ClF4N3O. The quantitative estimate of drug-likeness (QED) is 0.855. The van der Waals surface area contributed by atoms with Crippen molar-refractivity contribution >= 4 is 11.6 Å². The molecule has 0 aliphatic carbocycles. The van der Waals surface area contributed by atoms with Crippen LogP contribution >= 0.6 is 11.6 Å². The van der Waals surface area contributed by atoms with Crippen molar-refractivity contribution in [3.05, 3.63) is 34.9 Å². The van der Waals surface area contributed by atoms with Crippen LogP contribution in [0.15, 0.2) is 22.7 Å². The molecule has 4 nitrogen and oxygen atoms in total. The Morgan fingerprint density at radius 2 is 2.09 bits per heavy atom. The van der Waals surface area contributed by atoms with Crippen molar-refractivity contribution in [2.24, 2.45) is 0 Å². The average molecular weight is 336 g/mol. The minimum atomic E-state index is -4.52. The number of hydrogen-bond donors (Lipinski definition) is 1. The summed E-state index contributed by atoms with van der Waals surface area (Å²) in [6.07, 6.45) is -4.71. The summed E-state index contributed by atoms with van der Waals surface area (Å²) in [5.41, 5.74) is -1.99.